The van der Waals surface area contributed by atoms with Crippen LogP contribution in [0.2, 0.25) is 0 Å². The van der Waals surface area contributed by atoms with Gasteiger partial charge in [-0.2, -0.15) is 9.44 Å². The van der Waals surface area contributed by atoms with Crippen LogP contribution in [0, 0.1) is 0 Å². The number of carbonyl (C=O) groups excluding carboxylic acids is 4. The third kappa shape index (κ3) is 36.8. The summed E-state index contributed by atoms with van der Waals surface area (Å²) in [5, 5.41) is 41.0. The molecule has 0 unspecified atom stereocenters. The van der Waals surface area contributed by atoms with Crippen LogP contribution in [0.15, 0.2) is 58.5 Å². The molecule has 2 aromatic carbocycles. The minimum absolute atomic E-state index is 0.0411. The summed E-state index contributed by atoms with van der Waals surface area (Å²) >= 11 is 0. The van der Waals surface area contributed by atoms with Crippen molar-refractivity contribution in [3.8, 4) is 11.5 Å². The number of alkyl carbamates (subject to hydrolysis) is 2. The van der Waals surface area contributed by atoms with Gasteiger partial charge < -0.3 is 105 Å². The SMILES string of the molecule is O=C(NCCS(=O)(=O)N[C@@H](CNC(=O)c1ccc(OCCNC2=NCCCN2)cc1)C(=O)O)OCCOCCOCCOCCOCCOCCOCCOCCOC(=O)NCCS(=O)(=O)N[C@@H](CNC(=O)c1ccc(OCCNC2=NCCCN2)cc1)C(=O)O. The molecule has 2 heterocycles. The van der Waals surface area contributed by atoms with Gasteiger partial charge in [-0.1, -0.05) is 0 Å². The van der Waals surface area contributed by atoms with E-state index in [-0.39, 0.29) is 77.1 Å². The Labute approximate surface area is 527 Å². The second-order valence-electron chi connectivity index (χ2n) is 19.1. The zero-order chi connectivity index (χ0) is 65.6. The maximum absolute atomic E-state index is 12.6. The lowest BCUT2D eigenvalue weighted by Crippen LogP contribution is -2.49. The Kier molecular flexibility index (Phi) is 38.2. The summed E-state index contributed by atoms with van der Waals surface area (Å²) in [6.45, 7) is 6.32. The second kappa shape index (κ2) is 45.7. The lowest BCUT2D eigenvalue weighted by atomic mass is 10.2. The van der Waals surface area contributed by atoms with Crippen LogP contribution in [0.1, 0.15) is 33.6 Å². The molecule has 0 aromatic heterocycles. The van der Waals surface area contributed by atoms with Crippen LogP contribution >= 0.6 is 0 Å². The number of nitrogens with one attached hydrogen (secondary N) is 10. The topological polar surface area (TPSA) is 458 Å². The first kappa shape index (κ1) is 76.0. The average Bonchev–Trinajstić information content (AvgIpc) is 3.34. The van der Waals surface area contributed by atoms with Gasteiger partial charge in [-0.25, -0.2) is 26.4 Å². The largest absolute Gasteiger partial charge is 0.492 e. The van der Waals surface area contributed by atoms with E-state index in [2.05, 4.69) is 52.5 Å². The highest BCUT2D eigenvalue weighted by Crippen LogP contribution is 2.13. The Morgan fingerprint density at radius 3 is 1.05 bits per heavy atom. The maximum Gasteiger partial charge on any atom is 0.407 e. The number of benzene rings is 2. The minimum Gasteiger partial charge on any atom is -0.492 e. The van der Waals surface area contributed by atoms with Gasteiger partial charge in [0.05, 0.1) is 117 Å². The Hall–Kier alpha value is -7.46. The number of rotatable bonds is 50. The molecule has 2 aliphatic rings. The summed E-state index contributed by atoms with van der Waals surface area (Å²) in [7, 11) is -8.42. The summed E-state index contributed by atoms with van der Waals surface area (Å²) in [5.41, 5.74) is 0.402. The molecule has 0 saturated carbocycles. The zero-order valence-electron chi connectivity index (χ0n) is 50.6. The van der Waals surface area contributed by atoms with Crippen LogP contribution in [-0.2, 0) is 72.3 Å². The molecule has 37 heteroatoms. The molecule has 512 valence electrons. The van der Waals surface area contributed by atoms with Crippen molar-refractivity contribution in [1.82, 2.24) is 52.0 Å². The molecule has 4 rings (SSSR count). The number of aliphatic carboxylic acids is 2. The standard InChI is InChI=1S/C54H86N12O23S2/c67-47(41-3-7-43(8-4-41)86-19-15-59-51-55-11-1-12-56-51)63-39-45(49(69)70)65-90(75,76)37-17-61-53(73)88-35-33-84-31-29-82-27-25-80-23-21-79-22-24-81-26-28-83-30-32-85-34-36-89-54(74)62-18-38-91(77,78)66-46(50(71)72)40-64-48(68)42-5-9-44(10-6-42)87-20-16-60-52-57-13-2-14-58-52/h3-10,45-46,65-66H,1-2,11-40H2,(H,61,73)(H,62,74)(H,63,67)(H,64,68)(H,69,70)(H,71,72)(H2,55,56,59)(H2,57,58,60)/t45-,46-/m0/s1. The number of carboxylic acid groups (broad SMARTS) is 2. The van der Waals surface area contributed by atoms with E-state index in [0.29, 0.717) is 90.7 Å². The van der Waals surface area contributed by atoms with Gasteiger partial charge in [-0.3, -0.25) is 29.2 Å². The van der Waals surface area contributed by atoms with Gasteiger partial charge in [-0.05, 0) is 61.4 Å². The number of ether oxygens (including phenoxy) is 11. The van der Waals surface area contributed by atoms with Crippen molar-refractivity contribution >= 4 is 67.9 Å². The number of nitrogens with zero attached hydrogens (tertiary/aromatic N) is 2. The number of guanidine groups is 2. The highest BCUT2D eigenvalue weighted by atomic mass is 32.2. The first-order valence-electron chi connectivity index (χ1n) is 29.4. The molecule has 0 saturated heterocycles. The van der Waals surface area contributed by atoms with E-state index < -0.39 is 92.7 Å². The number of carboxylic acids is 2. The molecule has 4 amide bonds. The van der Waals surface area contributed by atoms with Gasteiger partial charge in [0, 0.05) is 63.5 Å². The lowest BCUT2D eigenvalue weighted by molar-refractivity contribution is -0.139. The van der Waals surface area contributed by atoms with Crippen molar-refractivity contribution in [2.45, 2.75) is 24.9 Å². The molecule has 0 radical (unpaired) electrons. The van der Waals surface area contributed by atoms with Crippen LogP contribution in [0.5, 0.6) is 11.5 Å². The van der Waals surface area contributed by atoms with E-state index >= 15 is 0 Å². The van der Waals surface area contributed by atoms with Crippen molar-refractivity contribution in [1.29, 1.82) is 0 Å². The molecular formula is C54H86N12O23S2. The number of carbonyl (C=O) groups is 6. The average molecular weight is 1340 g/mol. The van der Waals surface area contributed by atoms with Gasteiger partial charge in [0.25, 0.3) is 11.8 Å². The third-order valence-electron chi connectivity index (χ3n) is 12.0. The van der Waals surface area contributed by atoms with Crippen molar-refractivity contribution in [2.75, 3.05) is 196 Å². The summed E-state index contributed by atoms with van der Waals surface area (Å²) < 4.78 is 113. The molecular weight excluding hydrogens is 1250 g/mol. The van der Waals surface area contributed by atoms with Crippen LogP contribution in [-0.4, -0.2) is 283 Å². The molecule has 0 fully saturated rings. The molecule has 2 aromatic rings. The monoisotopic (exact) mass is 1330 g/mol. The van der Waals surface area contributed by atoms with E-state index in [4.69, 9.17) is 52.1 Å². The first-order chi connectivity index (χ1) is 44.0. The van der Waals surface area contributed by atoms with Crippen molar-refractivity contribution in [3.05, 3.63) is 59.7 Å². The van der Waals surface area contributed by atoms with Gasteiger partial charge in [0.2, 0.25) is 20.0 Å². The molecule has 2 atom stereocenters. The molecule has 0 aliphatic carbocycles. The minimum atomic E-state index is -4.21. The smallest absolute Gasteiger partial charge is 0.407 e. The fraction of sp³-hybridized carbons (Fsp3) is 0.630. The van der Waals surface area contributed by atoms with Crippen LogP contribution in [0.25, 0.3) is 0 Å². The van der Waals surface area contributed by atoms with Gasteiger partial charge in [0.15, 0.2) is 11.9 Å². The summed E-state index contributed by atoms with van der Waals surface area (Å²) in [5.74, 6) is -3.18. The lowest BCUT2D eigenvalue weighted by Gasteiger charge is -2.16. The van der Waals surface area contributed by atoms with E-state index in [1.807, 2.05) is 9.44 Å². The predicted molar refractivity (Wildman–Crippen MR) is 326 cm³/mol. The first-order valence-corrected chi connectivity index (χ1v) is 32.7. The summed E-state index contributed by atoms with van der Waals surface area (Å²) in [6, 6.07) is 8.88. The number of hydrogen-bond acceptors (Lipinski definition) is 27. The number of hydrogen-bond donors (Lipinski definition) is 12. The van der Waals surface area contributed by atoms with E-state index in [1.165, 1.54) is 24.3 Å². The van der Waals surface area contributed by atoms with Gasteiger partial charge >= 0.3 is 24.1 Å². The molecule has 2 aliphatic heterocycles. The number of sulfonamides is 2. The highest BCUT2D eigenvalue weighted by Gasteiger charge is 2.27. The van der Waals surface area contributed by atoms with Crippen molar-refractivity contribution in [3.63, 3.8) is 0 Å². The number of aliphatic imine (C=N–C) groups is 2. The van der Waals surface area contributed by atoms with Crippen LogP contribution < -0.4 is 61.5 Å². The molecule has 0 bridgehead atoms. The summed E-state index contributed by atoms with van der Waals surface area (Å²) in [6.07, 6.45) is 0.134. The molecule has 91 heavy (non-hydrogen) atoms. The summed E-state index contributed by atoms with van der Waals surface area (Å²) in [4.78, 5) is 81.5. The van der Waals surface area contributed by atoms with Crippen molar-refractivity contribution < 1.29 is 108 Å². The fourth-order valence-electron chi connectivity index (χ4n) is 7.37. The second-order valence-corrected chi connectivity index (χ2v) is 22.9. The Morgan fingerprint density at radius 2 is 0.758 bits per heavy atom. The maximum atomic E-state index is 12.6. The number of amides is 4. The van der Waals surface area contributed by atoms with Gasteiger partial charge in [0.1, 0.15) is 50.0 Å². The fourth-order valence-corrected chi connectivity index (χ4v) is 9.59. The van der Waals surface area contributed by atoms with Crippen LogP contribution in [0.3, 0.4) is 0 Å². The van der Waals surface area contributed by atoms with Gasteiger partial charge in [-0.15, -0.1) is 0 Å². The van der Waals surface area contributed by atoms with E-state index in [9.17, 15) is 55.8 Å². The normalized spacial score (nSPS) is 13.8. The van der Waals surface area contributed by atoms with E-state index in [1.54, 1.807) is 24.3 Å². The molecule has 12 N–H and O–H groups in total. The van der Waals surface area contributed by atoms with E-state index in [0.717, 1.165) is 50.9 Å². The van der Waals surface area contributed by atoms with Crippen molar-refractivity contribution in [2.24, 2.45) is 9.98 Å². The molecule has 35 nitrogen and oxygen atoms in total. The Morgan fingerprint density at radius 1 is 0.440 bits per heavy atom. The Balaban J connectivity index is 0.852. The highest BCUT2D eigenvalue weighted by molar-refractivity contribution is 7.89. The van der Waals surface area contributed by atoms with Crippen LogP contribution in [0.4, 0.5) is 9.59 Å². The third-order valence-corrected chi connectivity index (χ3v) is 14.7. The quantitative estimate of drug-likeness (QED) is 0.0290. The Bertz CT molecular complexity index is 2570. The predicted octanol–water partition coefficient (Wildman–Crippen LogP) is -3.20. The molecule has 0 spiro atoms. The zero-order valence-corrected chi connectivity index (χ0v) is 52.2.